The van der Waals surface area contributed by atoms with Crippen LogP contribution in [0.15, 0.2) is 18.5 Å². The van der Waals surface area contributed by atoms with Crippen molar-refractivity contribution >= 4 is 6.29 Å². The fourth-order valence-corrected chi connectivity index (χ4v) is 1.70. The summed E-state index contributed by atoms with van der Waals surface area (Å²) in [5, 5.41) is 3.96. The average molecular weight is 277 g/mol. The highest BCUT2D eigenvalue weighted by atomic mass is 16.5. The van der Waals surface area contributed by atoms with Gasteiger partial charge >= 0.3 is 0 Å². The molecule has 7 heteroatoms. The summed E-state index contributed by atoms with van der Waals surface area (Å²) in [5.74, 6) is 1.93. The quantitative estimate of drug-likeness (QED) is 0.739. The zero-order chi connectivity index (χ0) is 14.5. The second kappa shape index (κ2) is 6.05. The summed E-state index contributed by atoms with van der Waals surface area (Å²) in [6, 6.07) is 3.17. The number of rotatable bonds is 6. The number of aldehydes is 1. The van der Waals surface area contributed by atoms with Crippen molar-refractivity contribution in [1.29, 1.82) is 0 Å². The molecule has 1 aromatic heterocycles. The van der Waals surface area contributed by atoms with Gasteiger partial charge in [-0.2, -0.15) is 5.10 Å². The summed E-state index contributed by atoms with van der Waals surface area (Å²) < 4.78 is 17.7. The second-order valence-corrected chi connectivity index (χ2v) is 3.96. The van der Waals surface area contributed by atoms with Crippen molar-refractivity contribution in [1.82, 2.24) is 14.8 Å². The van der Waals surface area contributed by atoms with E-state index in [1.807, 2.05) is 0 Å². The van der Waals surface area contributed by atoms with Crippen LogP contribution in [0, 0.1) is 0 Å². The van der Waals surface area contributed by atoms with E-state index in [4.69, 9.17) is 14.2 Å². The third-order valence-electron chi connectivity index (χ3n) is 2.77. The number of aryl methyl sites for hydroxylation is 1. The molecule has 0 bridgehead atoms. The SMILES string of the molecule is COc1cc(C=O)cc(OC)c1OCc1ncnn1C. The topological polar surface area (TPSA) is 75.5 Å². The molecule has 1 aromatic carbocycles. The summed E-state index contributed by atoms with van der Waals surface area (Å²) >= 11 is 0. The third-order valence-corrected chi connectivity index (χ3v) is 2.77. The highest BCUT2D eigenvalue weighted by Crippen LogP contribution is 2.38. The van der Waals surface area contributed by atoms with Crippen molar-refractivity contribution in [2.24, 2.45) is 7.05 Å². The largest absolute Gasteiger partial charge is 0.493 e. The van der Waals surface area contributed by atoms with E-state index in [2.05, 4.69) is 10.1 Å². The molecule has 2 rings (SSSR count). The van der Waals surface area contributed by atoms with Gasteiger partial charge in [0.05, 0.1) is 14.2 Å². The molecule has 0 saturated carbocycles. The molecule has 0 radical (unpaired) electrons. The van der Waals surface area contributed by atoms with Crippen LogP contribution < -0.4 is 14.2 Å². The monoisotopic (exact) mass is 277 g/mol. The number of methoxy groups -OCH3 is 2. The van der Waals surface area contributed by atoms with Crippen LogP contribution in [0.25, 0.3) is 0 Å². The zero-order valence-electron chi connectivity index (χ0n) is 11.5. The van der Waals surface area contributed by atoms with E-state index >= 15 is 0 Å². The molecule has 0 fully saturated rings. The Bertz CT molecular complexity index is 584. The van der Waals surface area contributed by atoms with Crippen LogP contribution in [-0.4, -0.2) is 35.3 Å². The van der Waals surface area contributed by atoms with E-state index in [0.29, 0.717) is 28.6 Å². The number of nitrogens with zero attached hydrogens (tertiary/aromatic N) is 3. The molecule has 7 nitrogen and oxygen atoms in total. The number of hydrogen-bond donors (Lipinski definition) is 0. The lowest BCUT2D eigenvalue weighted by Gasteiger charge is -2.14. The van der Waals surface area contributed by atoms with Crippen LogP contribution in [0.3, 0.4) is 0 Å². The highest BCUT2D eigenvalue weighted by Gasteiger charge is 2.15. The van der Waals surface area contributed by atoms with Crippen LogP contribution in [-0.2, 0) is 13.7 Å². The smallest absolute Gasteiger partial charge is 0.204 e. The van der Waals surface area contributed by atoms with Crippen LogP contribution in [0.5, 0.6) is 17.2 Å². The van der Waals surface area contributed by atoms with Gasteiger partial charge in [0, 0.05) is 12.6 Å². The molecule has 1 heterocycles. The van der Waals surface area contributed by atoms with Gasteiger partial charge in [-0.05, 0) is 12.1 Å². The Hall–Kier alpha value is -2.57. The van der Waals surface area contributed by atoms with Crippen molar-refractivity contribution in [2.75, 3.05) is 14.2 Å². The van der Waals surface area contributed by atoms with Gasteiger partial charge < -0.3 is 14.2 Å². The summed E-state index contributed by atoms with van der Waals surface area (Å²) in [6.07, 6.45) is 2.17. The maximum Gasteiger partial charge on any atom is 0.204 e. The van der Waals surface area contributed by atoms with Crippen LogP contribution in [0.2, 0.25) is 0 Å². The molecule has 0 unspecified atom stereocenters. The third kappa shape index (κ3) is 2.71. The Balaban J connectivity index is 2.29. The Labute approximate surface area is 116 Å². The first-order valence-electron chi connectivity index (χ1n) is 5.86. The van der Waals surface area contributed by atoms with Crippen molar-refractivity contribution in [2.45, 2.75) is 6.61 Å². The lowest BCUT2D eigenvalue weighted by atomic mass is 10.2. The number of benzene rings is 1. The molecule has 0 aliphatic heterocycles. The molecule has 106 valence electrons. The number of aromatic nitrogens is 3. The number of carbonyl (C=O) groups is 1. The summed E-state index contributed by atoms with van der Waals surface area (Å²) in [5.41, 5.74) is 0.449. The van der Waals surface area contributed by atoms with E-state index in [1.165, 1.54) is 20.5 Å². The normalized spacial score (nSPS) is 10.2. The van der Waals surface area contributed by atoms with Gasteiger partial charge in [-0.3, -0.25) is 9.48 Å². The van der Waals surface area contributed by atoms with Gasteiger partial charge in [0.2, 0.25) is 5.75 Å². The predicted molar refractivity (Wildman–Crippen MR) is 70.3 cm³/mol. The van der Waals surface area contributed by atoms with E-state index in [1.54, 1.807) is 23.9 Å². The van der Waals surface area contributed by atoms with E-state index in [9.17, 15) is 4.79 Å². The molecule has 2 aromatic rings. The minimum absolute atomic E-state index is 0.212. The van der Waals surface area contributed by atoms with Crippen LogP contribution in [0.4, 0.5) is 0 Å². The van der Waals surface area contributed by atoms with Gasteiger partial charge in [0.1, 0.15) is 19.2 Å². The lowest BCUT2D eigenvalue weighted by molar-refractivity contribution is 0.112. The molecule has 0 N–H and O–H groups in total. The maximum atomic E-state index is 10.9. The number of carbonyl (C=O) groups excluding carboxylic acids is 1. The van der Waals surface area contributed by atoms with Crippen LogP contribution in [0.1, 0.15) is 16.2 Å². The zero-order valence-corrected chi connectivity index (χ0v) is 11.5. The summed E-state index contributed by atoms with van der Waals surface area (Å²) in [6.45, 7) is 0.212. The molecule has 0 aliphatic carbocycles. The van der Waals surface area contributed by atoms with Gasteiger partial charge in [-0.1, -0.05) is 0 Å². The number of ether oxygens (including phenoxy) is 3. The standard InChI is InChI=1S/C13H15N3O4/c1-16-12(14-8-15-16)7-20-13-10(18-2)4-9(6-17)5-11(13)19-3/h4-6,8H,7H2,1-3H3. The molecule has 0 atom stereocenters. The first-order valence-corrected chi connectivity index (χ1v) is 5.86. The Morgan fingerprint density at radius 1 is 1.25 bits per heavy atom. The molecular formula is C13H15N3O4. The molecule has 20 heavy (non-hydrogen) atoms. The van der Waals surface area contributed by atoms with Gasteiger partial charge in [0.15, 0.2) is 17.3 Å². The first kappa shape index (κ1) is 13.9. The van der Waals surface area contributed by atoms with Gasteiger partial charge in [-0.25, -0.2) is 4.98 Å². The maximum absolute atomic E-state index is 10.9. The Kier molecular flexibility index (Phi) is 4.19. The van der Waals surface area contributed by atoms with Crippen molar-refractivity contribution < 1.29 is 19.0 Å². The molecule has 0 spiro atoms. The van der Waals surface area contributed by atoms with Crippen LogP contribution >= 0.6 is 0 Å². The second-order valence-electron chi connectivity index (χ2n) is 3.96. The summed E-state index contributed by atoms with van der Waals surface area (Å²) in [7, 11) is 4.77. The van der Waals surface area contributed by atoms with Crippen molar-refractivity contribution in [3.8, 4) is 17.2 Å². The van der Waals surface area contributed by atoms with E-state index in [-0.39, 0.29) is 6.61 Å². The first-order chi connectivity index (χ1) is 9.69. The van der Waals surface area contributed by atoms with Gasteiger partial charge in [-0.15, -0.1) is 0 Å². The average Bonchev–Trinajstić information content (AvgIpc) is 2.89. The molecule has 0 amide bonds. The summed E-state index contributed by atoms with van der Waals surface area (Å²) in [4.78, 5) is 14.9. The minimum atomic E-state index is 0.212. The highest BCUT2D eigenvalue weighted by molar-refractivity contribution is 5.78. The molecule has 0 saturated heterocycles. The Morgan fingerprint density at radius 2 is 1.90 bits per heavy atom. The van der Waals surface area contributed by atoms with E-state index in [0.717, 1.165) is 6.29 Å². The fourth-order valence-electron chi connectivity index (χ4n) is 1.70. The lowest BCUT2D eigenvalue weighted by Crippen LogP contribution is -2.06. The molecule has 0 aliphatic rings. The van der Waals surface area contributed by atoms with E-state index < -0.39 is 0 Å². The molecular weight excluding hydrogens is 262 g/mol. The Morgan fingerprint density at radius 3 is 2.35 bits per heavy atom. The fraction of sp³-hybridized carbons (Fsp3) is 0.308. The van der Waals surface area contributed by atoms with Crippen molar-refractivity contribution in [3.63, 3.8) is 0 Å². The minimum Gasteiger partial charge on any atom is -0.493 e. The number of hydrogen-bond acceptors (Lipinski definition) is 6. The van der Waals surface area contributed by atoms with Crippen molar-refractivity contribution in [3.05, 3.63) is 29.8 Å². The van der Waals surface area contributed by atoms with Gasteiger partial charge in [0.25, 0.3) is 0 Å². The predicted octanol–water partition coefficient (Wildman–Crippen LogP) is 1.22.